The SMILES string of the molecule is Cc1nn(-c2ccccc2)c(N)c1N=Nc1c(C#N)cnn1-c1ccc(S(=O)(=O)[O-])cc1. The number of aryl methyl sites for hydroxylation is 1. The van der Waals surface area contributed by atoms with Crippen LogP contribution in [0.25, 0.3) is 11.4 Å². The minimum Gasteiger partial charge on any atom is -0.744 e. The van der Waals surface area contributed by atoms with E-state index in [2.05, 4.69) is 20.4 Å². The maximum absolute atomic E-state index is 11.2. The Morgan fingerprint density at radius 3 is 2.31 bits per heavy atom. The van der Waals surface area contributed by atoms with Gasteiger partial charge in [0.2, 0.25) is 0 Å². The van der Waals surface area contributed by atoms with Gasteiger partial charge in [-0.15, -0.1) is 10.2 Å². The highest BCUT2D eigenvalue weighted by Crippen LogP contribution is 2.32. The second-order valence-electron chi connectivity index (χ2n) is 6.62. The van der Waals surface area contributed by atoms with E-state index in [1.54, 1.807) is 6.92 Å². The Hall–Kier alpha value is -4.34. The zero-order valence-corrected chi connectivity index (χ0v) is 17.4. The number of rotatable bonds is 5. The highest BCUT2D eigenvalue weighted by molar-refractivity contribution is 7.85. The average Bonchev–Trinajstić information content (AvgIpc) is 3.32. The Bertz CT molecular complexity index is 1460. The summed E-state index contributed by atoms with van der Waals surface area (Å²) in [5, 5.41) is 26.3. The molecule has 2 heterocycles. The van der Waals surface area contributed by atoms with E-state index in [1.807, 2.05) is 36.4 Å². The number of benzene rings is 2. The first-order valence-electron chi connectivity index (χ1n) is 9.16. The number of nitrogens with two attached hydrogens (primary N) is 1. The van der Waals surface area contributed by atoms with Gasteiger partial charge < -0.3 is 10.3 Å². The molecule has 32 heavy (non-hydrogen) atoms. The molecule has 0 saturated heterocycles. The van der Waals surface area contributed by atoms with Crippen LogP contribution in [0.1, 0.15) is 11.3 Å². The van der Waals surface area contributed by atoms with Gasteiger partial charge in [-0.05, 0) is 43.3 Å². The summed E-state index contributed by atoms with van der Waals surface area (Å²) >= 11 is 0. The van der Waals surface area contributed by atoms with Crippen LogP contribution < -0.4 is 5.73 Å². The van der Waals surface area contributed by atoms with Crippen molar-refractivity contribution in [2.75, 3.05) is 5.73 Å². The van der Waals surface area contributed by atoms with Gasteiger partial charge in [0.25, 0.3) is 0 Å². The zero-order chi connectivity index (χ0) is 22.9. The van der Waals surface area contributed by atoms with Crippen molar-refractivity contribution in [3.05, 3.63) is 72.1 Å². The molecule has 12 heteroatoms. The van der Waals surface area contributed by atoms with E-state index in [0.29, 0.717) is 17.1 Å². The number of nitrogen functional groups attached to an aromatic ring is 1. The highest BCUT2D eigenvalue weighted by atomic mass is 32.2. The van der Waals surface area contributed by atoms with Crippen LogP contribution in [0.5, 0.6) is 0 Å². The standard InChI is InChI=1S/C20H16N8O3S/c1-13-18(19(22)27(26-13)15-5-3-2-4-6-15)24-25-20-14(11-21)12-23-28(20)16-7-9-17(10-8-16)32(29,30)31/h2-10,12H,22H2,1H3,(H,29,30,31)/p-1. The first-order chi connectivity index (χ1) is 15.3. The monoisotopic (exact) mass is 447 g/mol. The fourth-order valence-corrected chi connectivity index (χ4v) is 3.45. The fourth-order valence-electron chi connectivity index (χ4n) is 2.98. The molecule has 0 fully saturated rings. The largest absolute Gasteiger partial charge is 0.744 e. The molecule has 0 saturated carbocycles. The van der Waals surface area contributed by atoms with E-state index in [4.69, 9.17) is 5.73 Å². The number of anilines is 1. The number of para-hydroxylation sites is 1. The fraction of sp³-hybridized carbons (Fsp3) is 0.0500. The van der Waals surface area contributed by atoms with Crippen molar-refractivity contribution < 1.29 is 13.0 Å². The Morgan fingerprint density at radius 1 is 1.03 bits per heavy atom. The van der Waals surface area contributed by atoms with Gasteiger partial charge in [-0.2, -0.15) is 15.5 Å². The molecule has 11 nitrogen and oxygen atoms in total. The molecule has 0 atom stereocenters. The number of aromatic nitrogens is 4. The molecule has 160 valence electrons. The molecule has 0 spiro atoms. The van der Waals surface area contributed by atoms with E-state index in [-0.39, 0.29) is 22.1 Å². The van der Waals surface area contributed by atoms with Crippen molar-refractivity contribution in [3.63, 3.8) is 0 Å². The lowest BCUT2D eigenvalue weighted by Gasteiger charge is -2.08. The number of azo groups is 1. The maximum Gasteiger partial charge on any atom is 0.195 e. The lowest BCUT2D eigenvalue weighted by molar-refractivity contribution is 0.463. The van der Waals surface area contributed by atoms with Crippen molar-refractivity contribution in [1.82, 2.24) is 19.6 Å². The third-order valence-electron chi connectivity index (χ3n) is 4.54. The minimum atomic E-state index is -4.58. The van der Waals surface area contributed by atoms with Gasteiger partial charge in [-0.1, -0.05) is 18.2 Å². The molecular formula is C20H15N8O3S-. The summed E-state index contributed by atoms with van der Waals surface area (Å²) in [5.41, 5.74) is 8.37. The maximum atomic E-state index is 11.2. The molecule has 2 N–H and O–H groups in total. The van der Waals surface area contributed by atoms with Crippen molar-refractivity contribution in [2.45, 2.75) is 11.8 Å². The summed E-state index contributed by atoms with van der Waals surface area (Å²) in [4.78, 5) is -0.381. The van der Waals surface area contributed by atoms with Crippen LogP contribution in [-0.2, 0) is 10.1 Å². The van der Waals surface area contributed by atoms with E-state index in [1.165, 1.54) is 27.7 Å². The quantitative estimate of drug-likeness (QED) is 0.362. The number of nitriles is 1. The molecule has 0 radical (unpaired) electrons. The zero-order valence-electron chi connectivity index (χ0n) is 16.6. The van der Waals surface area contributed by atoms with Gasteiger partial charge in [0.05, 0.1) is 28.2 Å². The van der Waals surface area contributed by atoms with Crippen LogP contribution in [0.4, 0.5) is 17.3 Å². The summed E-state index contributed by atoms with van der Waals surface area (Å²) in [6, 6.07) is 16.3. The minimum absolute atomic E-state index is 0.108. The number of hydrogen-bond acceptors (Lipinski definition) is 9. The van der Waals surface area contributed by atoms with Crippen LogP contribution >= 0.6 is 0 Å². The second kappa shape index (κ2) is 8.06. The molecule has 0 amide bonds. The number of hydrogen-bond donors (Lipinski definition) is 1. The van der Waals surface area contributed by atoms with Crippen molar-refractivity contribution in [3.8, 4) is 17.4 Å². The first kappa shape index (κ1) is 20.9. The molecule has 0 bridgehead atoms. The molecule has 2 aromatic carbocycles. The lowest BCUT2D eigenvalue weighted by atomic mass is 10.3. The third-order valence-corrected chi connectivity index (χ3v) is 5.39. The molecule has 0 unspecified atom stereocenters. The molecule has 2 aromatic heterocycles. The molecule has 0 aliphatic rings. The number of nitrogens with zero attached hydrogens (tertiary/aromatic N) is 7. The van der Waals surface area contributed by atoms with E-state index >= 15 is 0 Å². The van der Waals surface area contributed by atoms with Gasteiger partial charge in [0.1, 0.15) is 21.8 Å². The normalized spacial score (nSPS) is 11.7. The topological polar surface area (TPSA) is 167 Å². The second-order valence-corrected chi connectivity index (χ2v) is 8.00. The molecule has 4 aromatic rings. The van der Waals surface area contributed by atoms with Crippen LogP contribution in [0.3, 0.4) is 0 Å². The smallest absolute Gasteiger partial charge is 0.195 e. The summed E-state index contributed by atoms with van der Waals surface area (Å²) < 4.78 is 36.3. The summed E-state index contributed by atoms with van der Waals surface area (Å²) in [6.07, 6.45) is 1.30. The van der Waals surface area contributed by atoms with Crippen molar-refractivity contribution in [1.29, 1.82) is 5.26 Å². The Kier molecular flexibility index (Phi) is 5.27. The summed E-state index contributed by atoms with van der Waals surface area (Å²) in [7, 11) is -4.58. The average molecular weight is 447 g/mol. The van der Waals surface area contributed by atoms with Crippen LogP contribution in [0.2, 0.25) is 0 Å². The van der Waals surface area contributed by atoms with Gasteiger partial charge in [-0.3, -0.25) is 0 Å². The molecule has 0 aliphatic carbocycles. The van der Waals surface area contributed by atoms with Crippen molar-refractivity contribution in [2.24, 2.45) is 10.2 Å². The summed E-state index contributed by atoms with van der Waals surface area (Å²) in [6.45, 7) is 1.73. The van der Waals surface area contributed by atoms with Crippen LogP contribution in [0.15, 0.2) is 75.9 Å². The summed E-state index contributed by atoms with van der Waals surface area (Å²) in [5.74, 6) is 0.378. The first-order valence-corrected chi connectivity index (χ1v) is 10.6. The molecule has 4 rings (SSSR count). The Morgan fingerprint density at radius 2 is 1.69 bits per heavy atom. The third kappa shape index (κ3) is 3.85. The van der Waals surface area contributed by atoms with Crippen molar-refractivity contribution >= 4 is 27.4 Å². The highest BCUT2D eigenvalue weighted by Gasteiger charge is 2.16. The lowest BCUT2D eigenvalue weighted by Crippen LogP contribution is -2.01. The van der Waals surface area contributed by atoms with E-state index in [9.17, 15) is 18.2 Å². The predicted molar refractivity (Wildman–Crippen MR) is 113 cm³/mol. The van der Waals surface area contributed by atoms with Gasteiger partial charge in [-0.25, -0.2) is 17.8 Å². The Labute approximate surface area is 182 Å². The predicted octanol–water partition coefficient (Wildman–Crippen LogP) is 3.14. The molecular weight excluding hydrogens is 432 g/mol. The van der Waals surface area contributed by atoms with E-state index in [0.717, 1.165) is 17.8 Å². The Balaban J connectivity index is 1.74. The van der Waals surface area contributed by atoms with Gasteiger partial charge in [0.15, 0.2) is 17.3 Å². The van der Waals surface area contributed by atoms with Gasteiger partial charge in [0, 0.05) is 0 Å². The van der Waals surface area contributed by atoms with E-state index < -0.39 is 10.1 Å². The van der Waals surface area contributed by atoms with Crippen LogP contribution in [0, 0.1) is 18.3 Å². The van der Waals surface area contributed by atoms with Gasteiger partial charge >= 0.3 is 0 Å². The molecule has 0 aliphatic heterocycles. The van der Waals surface area contributed by atoms with Crippen LogP contribution in [-0.4, -0.2) is 32.5 Å².